The van der Waals surface area contributed by atoms with Gasteiger partial charge in [0.25, 0.3) is 5.91 Å². The smallest absolute Gasteiger partial charge is 0.329 e. The molecule has 0 bridgehead atoms. The highest BCUT2D eigenvalue weighted by Gasteiger charge is 2.27. The number of ether oxygens (including phenoxy) is 1. The van der Waals surface area contributed by atoms with Gasteiger partial charge in [-0.3, -0.25) is 4.79 Å². The van der Waals surface area contributed by atoms with Crippen LogP contribution in [0.3, 0.4) is 0 Å². The van der Waals surface area contributed by atoms with Crippen molar-refractivity contribution in [1.29, 1.82) is 0 Å². The molecule has 0 saturated heterocycles. The summed E-state index contributed by atoms with van der Waals surface area (Å²) in [7, 11) is 0. The van der Waals surface area contributed by atoms with Gasteiger partial charge in [0.15, 0.2) is 0 Å². The van der Waals surface area contributed by atoms with E-state index < -0.39 is 29.3 Å². The minimum Gasteiger partial charge on any atom is -0.458 e. The number of imidazole rings is 1. The maximum Gasteiger partial charge on any atom is 0.329 e. The van der Waals surface area contributed by atoms with E-state index in [-0.39, 0.29) is 5.02 Å². The van der Waals surface area contributed by atoms with Crippen molar-refractivity contribution in [1.82, 2.24) is 14.9 Å². The summed E-state index contributed by atoms with van der Waals surface area (Å²) in [6.07, 6.45) is 11.6. The standard InChI is InChI=1S/C28H31ClFN3O3S/c1-28(2,3)36-27(35)25(11-15-37-4)32-26(34)21-9-7-19(6-5-13-33-14-12-31-18-33)16-22(21)20-8-10-24(30)23(29)17-20/h5-10,12,14,16-18,25H,11,13,15H2,1-4H3,(H,32,34)/b6-5+/t25-/m0/s1. The zero-order valence-electron chi connectivity index (χ0n) is 21.3. The molecule has 1 heterocycles. The van der Waals surface area contributed by atoms with E-state index in [1.54, 1.807) is 57.2 Å². The number of carbonyl (C=O) groups is 2. The monoisotopic (exact) mass is 543 g/mol. The van der Waals surface area contributed by atoms with Crippen molar-refractivity contribution < 1.29 is 18.7 Å². The van der Waals surface area contributed by atoms with Gasteiger partial charge in [-0.25, -0.2) is 14.2 Å². The SMILES string of the molecule is CSCC[C@H](NC(=O)c1ccc(/C=C/Cn2ccnc2)cc1-c1ccc(F)c(Cl)c1)C(=O)OC(C)(C)C. The van der Waals surface area contributed by atoms with E-state index in [0.29, 0.717) is 35.4 Å². The van der Waals surface area contributed by atoms with Gasteiger partial charge in [0.1, 0.15) is 17.5 Å². The molecule has 0 aliphatic rings. The second kappa shape index (κ2) is 12.9. The Kier molecular flexibility index (Phi) is 9.94. The summed E-state index contributed by atoms with van der Waals surface area (Å²) in [6, 6.07) is 8.87. The lowest BCUT2D eigenvalue weighted by Gasteiger charge is -2.25. The number of nitrogens with zero attached hydrogens (tertiary/aromatic N) is 2. The summed E-state index contributed by atoms with van der Waals surface area (Å²) in [5.74, 6) is -0.790. The van der Waals surface area contributed by atoms with Crippen LogP contribution in [0.25, 0.3) is 17.2 Å². The van der Waals surface area contributed by atoms with Crippen molar-refractivity contribution >= 4 is 41.3 Å². The molecule has 0 saturated carbocycles. The third kappa shape index (κ3) is 8.47. The average Bonchev–Trinajstić information content (AvgIpc) is 3.35. The number of allylic oxidation sites excluding steroid dienone is 1. The first-order chi connectivity index (χ1) is 17.6. The molecule has 6 nitrogen and oxygen atoms in total. The number of rotatable bonds is 10. The number of aromatic nitrogens is 2. The van der Waals surface area contributed by atoms with Crippen molar-refractivity contribution in [3.05, 3.63) is 83.2 Å². The number of nitrogens with one attached hydrogen (secondary N) is 1. The molecular weight excluding hydrogens is 513 g/mol. The quantitative estimate of drug-likeness (QED) is 0.306. The molecule has 0 spiro atoms. The minimum absolute atomic E-state index is 0.0449. The third-order valence-corrected chi connectivity index (χ3v) is 6.25. The van der Waals surface area contributed by atoms with Gasteiger partial charge in [-0.1, -0.05) is 35.9 Å². The van der Waals surface area contributed by atoms with Gasteiger partial charge in [0.05, 0.1) is 11.3 Å². The van der Waals surface area contributed by atoms with Gasteiger partial charge in [-0.2, -0.15) is 11.8 Å². The Morgan fingerprint density at radius 1 is 1.24 bits per heavy atom. The summed E-state index contributed by atoms with van der Waals surface area (Å²) < 4.78 is 21.3. The van der Waals surface area contributed by atoms with Crippen LogP contribution in [0.15, 0.2) is 61.2 Å². The normalized spacial score (nSPS) is 12.5. The lowest BCUT2D eigenvalue weighted by Crippen LogP contribution is -2.44. The average molecular weight is 544 g/mol. The number of hydrogen-bond acceptors (Lipinski definition) is 5. The Morgan fingerprint density at radius 3 is 2.68 bits per heavy atom. The molecule has 2 aromatic carbocycles. The predicted octanol–water partition coefficient (Wildman–Crippen LogP) is 6.25. The van der Waals surface area contributed by atoms with E-state index in [0.717, 1.165) is 5.56 Å². The van der Waals surface area contributed by atoms with Crippen molar-refractivity contribution in [2.45, 2.75) is 45.4 Å². The maximum absolute atomic E-state index is 13.9. The number of amides is 1. The molecule has 9 heteroatoms. The zero-order chi connectivity index (χ0) is 27.0. The molecule has 0 fully saturated rings. The number of esters is 1. The molecule has 37 heavy (non-hydrogen) atoms. The molecule has 0 aliphatic carbocycles. The second-order valence-electron chi connectivity index (χ2n) is 9.44. The van der Waals surface area contributed by atoms with E-state index in [4.69, 9.17) is 16.3 Å². The van der Waals surface area contributed by atoms with Gasteiger partial charge in [0, 0.05) is 24.5 Å². The van der Waals surface area contributed by atoms with Gasteiger partial charge < -0.3 is 14.6 Å². The number of benzene rings is 2. The highest BCUT2D eigenvalue weighted by atomic mass is 35.5. The van der Waals surface area contributed by atoms with Gasteiger partial charge in [-0.15, -0.1) is 0 Å². The van der Waals surface area contributed by atoms with Crippen molar-refractivity contribution in [3.8, 4) is 11.1 Å². The maximum atomic E-state index is 13.9. The summed E-state index contributed by atoms with van der Waals surface area (Å²) in [5.41, 5.74) is 1.65. The molecule has 3 aromatic rings. The van der Waals surface area contributed by atoms with Crippen molar-refractivity contribution in [2.75, 3.05) is 12.0 Å². The van der Waals surface area contributed by atoms with Gasteiger partial charge >= 0.3 is 5.97 Å². The Labute approximate surface area is 226 Å². The largest absolute Gasteiger partial charge is 0.458 e. The van der Waals surface area contributed by atoms with Crippen LogP contribution >= 0.6 is 23.4 Å². The molecular formula is C28H31ClFN3O3S. The number of halogens is 2. The lowest BCUT2D eigenvalue weighted by atomic mass is 9.96. The Bertz CT molecular complexity index is 1260. The molecule has 3 rings (SSSR count). The Morgan fingerprint density at radius 2 is 2.03 bits per heavy atom. The number of hydrogen-bond donors (Lipinski definition) is 1. The van der Waals surface area contributed by atoms with Crippen LogP contribution in [0.2, 0.25) is 5.02 Å². The summed E-state index contributed by atoms with van der Waals surface area (Å²) in [5, 5.41) is 2.80. The highest BCUT2D eigenvalue weighted by Crippen LogP contribution is 2.29. The molecule has 1 atom stereocenters. The molecule has 0 radical (unpaired) electrons. The Hall–Kier alpha value is -3.10. The molecule has 0 unspecified atom stereocenters. The first kappa shape index (κ1) is 28.5. The summed E-state index contributed by atoms with van der Waals surface area (Å²) in [6.45, 7) is 5.99. The molecule has 0 aliphatic heterocycles. The molecule has 1 N–H and O–H groups in total. The van der Waals surface area contributed by atoms with E-state index in [1.807, 2.05) is 41.3 Å². The van der Waals surface area contributed by atoms with E-state index in [1.165, 1.54) is 12.1 Å². The van der Waals surface area contributed by atoms with Crippen molar-refractivity contribution in [2.24, 2.45) is 0 Å². The fourth-order valence-electron chi connectivity index (χ4n) is 3.56. The van der Waals surface area contributed by atoms with E-state index in [2.05, 4.69) is 10.3 Å². The minimum atomic E-state index is -0.807. The first-order valence-electron chi connectivity index (χ1n) is 11.8. The predicted molar refractivity (Wildman–Crippen MR) is 148 cm³/mol. The van der Waals surface area contributed by atoms with Crippen LogP contribution in [0.1, 0.15) is 43.1 Å². The van der Waals surface area contributed by atoms with Gasteiger partial charge in [-0.05, 0) is 80.2 Å². The fourth-order valence-corrected chi connectivity index (χ4v) is 4.22. The summed E-state index contributed by atoms with van der Waals surface area (Å²) >= 11 is 7.64. The van der Waals surface area contributed by atoms with Crippen LogP contribution < -0.4 is 5.32 Å². The topological polar surface area (TPSA) is 73.2 Å². The second-order valence-corrected chi connectivity index (χ2v) is 10.8. The third-order valence-electron chi connectivity index (χ3n) is 5.31. The van der Waals surface area contributed by atoms with E-state index >= 15 is 0 Å². The first-order valence-corrected chi connectivity index (χ1v) is 13.6. The highest BCUT2D eigenvalue weighted by molar-refractivity contribution is 7.98. The summed E-state index contributed by atoms with van der Waals surface area (Å²) in [4.78, 5) is 30.3. The number of thioether (sulfide) groups is 1. The zero-order valence-corrected chi connectivity index (χ0v) is 22.9. The molecule has 1 amide bonds. The van der Waals surface area contributed by atoms with Crippen LogP contribution in [-0.2, 0) is 16.1 Å². The van der Waals surface area contributed by atoms with Gasteiger partial charge in [0.2, 0.25) is 0 Å². The van der Waals surface area contributed by atoms with Crippen LogP contribution in [0.5, 0.6) is 0 Å². The van der Waals surface area contributed by atoms with Crippen LogP contribution in [-0.4, -0.2) is 45.1 Å². The van der Waals surface area contributed by atoms with Crippen molar-refractivity contribution in [3.63, 3.8) is 0 Å². The van der Waals surface area contributed by atoms with Crippen LogP contribution in [0.4, 0.5) is 4.39 Å². The molecule has 1 aromatic heterocycles. The number of carbonyl (C=O) groups excluding carboxylic acids is 2. The van der Waals surface area contributed by atoms with E-state index in [9.17, 15) is 14.0 Å². The fraction of sp³-hybridized carbons (Fsp3) is 0.321. The molecule has 196 valence electrons. The lowest BCUT2D eigenvalue weighted by molar-refractivity contribution is -0.157. The van der Waals surface area contributed by atoms with Crippen LogP contribution in [0, 0.1) is 5.82 Å². The Balaban J connectivity index is 1.93.